The van der Waals surface area contributed by atoms with E-state index < -0.39 is 0 Å². The van der Waals surface area contributed by atoms with Crippen LogP contribution in [0.5, 0.6) is 0 Å². The molecule has 1 N–H and O–H groups in total. The van der Waals surface area contributed by atoms with Crippen LogP contribution in [0.1, 0.15) is 4.88 Å². The van der Waals surface area contributed by atoms with Crippen LogP contribution in [-0.2, 0) is 6.54 Å². The zero-order valence-corrected chi connectivity index (χ0v) is 10.9. The fourth-order valence-corrected chi connectivity index (χ4v) is 2.71. The van der Waals surface area contributed by atoms with Gasteiger partial charge in [0.05, 0.1) is 13.1 Å². The van der Waals surface area contributed by atoms with Crippen molar-refractivity contribution in [1.29, 1.82) is 0 Å². The van der Waals surface area contributed by atoms with Crippen LogP contribution in [0.4, 0.5) is 5.69 Å². The van der Waals surface area contributed by atoms with Gasteiger partial charge >= 0.3 is 0 Å². The molecule has 0 atom stereocenters. The van der Waals surface area contributed by atoms with Gasteiger partial charge in [-0.1, -0.05) is 24.3 Å². The fourth-order valence-electron chi connectivity index (χ4n) is 2.02. The molecule has 92 valence electrons. The van der Waals surface area contributed by atoms with Crippen molar-refractivity contribution in [3.05, 3.63) is 52.7 Å². The zero-order valence-electron chi connectivity index (χ0n) is 10.0. The molecule has 2 heterocycles. The third-order valence-electron chi connectivity index (χ3n) is 2.87. The van der Waals surface area contributed by atoms with Crippen molar-refractivity contribution in [2.24, 2.45) is 4.99 Å². The lowest BCUT2D eigenvalue weighted by atomic mass is 10.3. The summed E-state index contributed by atoms with van der Waals surface area (Å²) in [5.41, 5.74) is 1.18. The highest BCUT2D eigenvalue weighted by atomic mass is 32.1. The van der Waals surface area contributed by atoms with E-state index in [1.54, 1.807) is 11.3 Å². The number of nitrogens with zero attached hydrogens (tertiary/aromatic N) is 2. The Morgan fingerprint density at radius 3 is 2.72 bits per heavy atom. The molecular formula is C14H15N3S. The first-order chi connectivity index (χ1) is 8.93. The van der Waals surface area contributed by atoms with Gasteiger partial charge in [-0.15, -0.1) is 11.3 Å². The van der Waals surface area contributed by atoms with Crippen LogP contribution in [-0.4, -0.2) is 19.0 Å². The molecule has 0 saturated heterocycles. The summed E-state index contributed by atoms with van der Waals surface area (Å²) in [4.78, 5) is 8.11. The molecule has 1 aliphatic rings. The van der Waals surface area contributed by atoms with Gasteiger partial charge in [0.1, 0.15) is 0 Å². The lowest BCUT2D eigenvalue weighted by molar-refractivity contribution is 0.930. The Labute approximate surface area is 111 Å². The molecule has 0 spiro atoms. The molecule has 18 heavy (non-hydrogen) atoms. The maximum atomic E-state index is 4.53. The summed E-state index contributed by atoms with van der Waals surface area (Å²) in [7, 11) is 0. The van der Waals surface area contributed by atoms with E-state index in [1.807, 2.05) is 6.07 Å². The molecule has 1 aromatic carbocycles. The van der Waals surface area contributed by atoms with Crippen molar-refractivity contribution in [2.75, 3.05) is 18.0 Å². The predicted octanol–water partition coefficient (Wildman–Crippen LogP) is 2.71. The average molecular weight is 257 g/mol. The molecule has 3 nitrogen and oxygen atoms in total. The van der Waals surface area contributed by atoms with E-state index in [2.05, 4.69) is 57.0 Å². The van der Waals surface area contributed by atoms with Crippen LogP contribution in [0.15, 0.2) is 52.8 Å². The maximum Gasteiger partial charge on any atom is 0.198 e. The van der Waals surface area contributed by atoms with Crippen LogP contribution >= 0.6 is 11.3 Å². The topological polar surface area (TPSA) is 27.6 Å². The minimum atomic E-state index is 0.864. The van der Waals surface area contributed by atoms with E-state index in [0.717, 1.165) is 25.6 Å². The number of benzene rings is 1. The SMILES string of the molecule is c1ccc(N(Cc2cccs2)C2=NCCN2)cc1. The molecule has 4 heteroatoms. The molecule has 0 radical (unpaired) electrons. The molecule has 0 bridgehead atoms. The van der Waals surface area contributed by atoms with Gasteiger partial charge in [0.25, 0.3) is 0 Å². The van der Waals surface area contributed by atoms with Crippen LogP contribution in [0.25, 0.3) is 0 Å². The Morgan fingerprint density at radius 2 is 2.06 bits per heavy atom. The second kappa shape index (κ2) is 5.23. The molecule has 2 aromatic rings. The first-order valence-electron chi connectivity index (χ1n) is 6.07. The molecule has 1 aliphatic heterocycles. The van der Waals surface area contributed by atoms with E-state index in [4.69, 9.17) is 0 Å². The average Bonchev–Trinajstić information content (AvgIpc) is 3.10. The molecule has 0 amide bonds. The predicted molar refractivity (Wildman–Crippen MR) is 77.2 cm³/mol. The van der Waals surface area contributed by atoms with Crippen molar-refractivity contribution < 1.29 is 0 Å². The molecule has 0 fully saturated rings. The van der Waals surface area contributed by atoms with E-state index in [-0.39, 0.29) is 0 Å². The standard InChI is InChI=1S/C14H15N3S/c1-2-5-12(6-3-1)17(14-15-8-9-16-14)11-13-7-4-10-18-13/h1-7,10H,8-9,11H2,(H,15,16). The van der Waals surface area contributed by atoms with E-state index in [1.165, 1.54) is 10.6 Å². The van der Waals surface area contributed by atoms with Gasteiger partial charge in [-0.05, 0) is 23.6 Å². The van der Waals surface area contributed by atoms with E-state index >= 15 is 0 Å². The fraction of sp³-hybridized carbons (Fsp3) is 0.214. The highest BCUT2D eigenvalue weighted by Crippen LogP contribution is 2.20. The number of nitrogens with one attached hydrogen (secondary N) is 1. The monoisotopic (exact) mass is 257 g/mol. The molecular weight excluding hydrogens is 242 g/mol. The summed E-state index contributed by atoms with van der Waals surface area (Å²) in [5.74, 6) is 0.981. The summed E-state index contributed by atoms with van der Waals surface area (Å²) < 4.78 is 0. The van der Waals surface area contributed by atoms with Crippen LogP contribution < -0.4 is 10.2 Å². The zero-order chi connectivity index (χ0) is 12.2. The quantitative estimate of drug-likeness (QED) is 0.915. The third-order valence-corrected chi connectivity index (χ3v) is 3.74. The Balaban J connectivity index is 1.88. The minimum absolute atomic E-state index is 0.864. The Kier molecular flexibility index (Phi) is 3.28. The molecule has 0 aliphatic carbocycles. The van der Waals surface area contributed by atoms with Crippen molar-refractivity contribution in [3.63, 3.8) is 0 Å². The van der Waals surface area contributed by atoms with Crippen molar-refractivity contribution in [3.8, 4) is 0 Å². The lowest BCUT2D eigenvalue weighted by Crippen LogP contribution is -2.38. The number of hydrogen-bond acceptors (Lipinski definition) is 4. The van der Waals surface area contributed by atoms with Crippen molar-refractivity contribution in [2.45, 2.75) is 6.54 Å². The second-order valence-corrected chi connectivity index (χ2v) is 5.17. The first kappa shape index (κ1) is 11.3. The van der Waals surface area contributed by atoms with E-state index in [0.29, 0.717) is 0 Å². The number of para-hydroxylation sites is 1. The normalized spacial score (nSPS) is 14.1. The number of rotatable bonds is 3. The van der Waals surface area contributed by atoms with Crippen LogP contribution in [0.2, 0.25) is 0 Å². The van der Waals surface area contributed by atoms with Gasteiger partial charge in [0.15, 0.2) is 5.96 Å². The number of hydrogen-bond donors (Lipinski definition) is 1. The highest BCUT2D eigenvalue weighted by Gasteiger charge is 2.16. The van der Waals surface area contributed by atoms with Gasteiger partial charge in [-0.3, -0.25) is 4.99 Å². The highest BCUT2D eigenvalue weighted by molar-refractivity contribution is 7.09. The van der Waals surface area contributed by atoms with Gasteiger partial charge in [0, 0.05) is 17.1 Å². The van der Waals surface area contributed by atoms with Gasteiger partial charge in [-0.25, -0.2) is 0 Å². The summed E-state index contributed by atoms with van der Waals surface area (Å²) in [6.45, 7) is 2.67. The summed E-state index contributed by atoms with van der Waals surface area (Å²) in [6, 6.07) is 14.7. The molecule has 3 rings (SSSR count). The number of thiophene rings is 1. The maximum absolute atomic E-state index is 4.53. The Morgan fingerprint density at radius 1 is 1.17 bits per heavy atom. The van der Waals surface area contributed by atoms with Crippen molar-refractivity contribution in [1.82, 2.24) is 5.32 Å². The Bertz CT molecular complexity index is 519. The largest absolute Gasteiger partial charge is 0.354 e. The number of anilines is 1. The number of guanidine groups is 1. The van der Waals surface area contributed by atoms with Crippen LogP contribution in [0, 0.1) is 0 Å². The number of aliphatic imine (C=N–C) groups is 1. The van der Waals surface area contributed by atoms with Crippen LogP contribution in [0.3, 0.4) is 0 Å². The summed E-state index contributed by atoms with van der Waals surface area (Å²) in [6.07, 6.45) is 0. The third kappa shape index (κ3) is 2.38. The first-order valence-corrected chi connectivity index (χ1v) is 6.95. The summed E-state index contributed by atoms with van der Waals surface area (Å²) >= 11 is 1.78. The Hall–Kier alpha value is -1.81. The second-order valence-electron chi connectivity index (χ2n) is 4.13. The van der Waals surface area contributed by atoms with Gasteiger partial charge in [-0.2, -0.15) is 0 Å². The molecule has 1 aromatic heterocycles. The lowest BCUT2D eigenvalue weighted by Gasteiger charge is -2.24. The smallest absolute Gasteiger partial charge is 0.198 e. The summed E-state index contributed by atoms with van der Waals surface area (Å²) in [5, 5.41) is 5.46. The van der Waals surface area contributed by atoms with Gasteiger partial charge < -0.3 is 10.2 Å². The molecule has 0 unspecified atom stereocenters. The van der Waals surface area contributed by atoms with Gasteiger partial charge in [0.2, 0.25) is 0 Å². The van der Waals surface area contributed by atoms with Crippen molar-refractivity contribution >= 4 is 23.0 Å². The molecule has 0 saturated carbocycles. The minimum Gasteiger partial charge on any atom is -0.354 e. The van der Waals surface area contributed by atoms with E-state index in [9.17, 15) is 0 Å².